The van der Waals surface area contributed by atoms with Crippen molar-refractivity contribution in [2.24, 2.45) is 0 Å². The summed E-state index contributed by atoms with van der Waals surface area (Å²) >= 11 is 4.93. The Hall–Kier alpha value is -1.14. The molecule has 0 aliphatic carbocycles. The van der Waals surface area contributed by atoms with Gasteiger partial charge in [0.2, 0.25) is 0 Å². The van der Waals surface area contributed by atoms with Gasteiger partial charge in [0.25, 0.3) is 0 Å². The van der Waals surface area contributed by atoms with Gasteiger partial charge in [-0.1, -0.05) is 15.9 Å². The third kappa shape index (κ3) is 2.34. The summed E-state index contributed by atoms with van der Waals surface area (Å²) in [6.07, 6.45) is 0.510. The summed E-state index contributed by atoms with van der Waals surface area (Å²) in [6, 6.07) is 5.96. The second-order valence-electron chi connectivity index (χ2n) is 4.24. The summed E-state index contributed by atoms with van der Waals surface area (Å²) < 4.78 is 13.2. The van der Waals surface area contributed by atoms with Gasteiger partial charge in [0.15, 0.2) is 0 Å². The van der Waals surface area contributed by atoms with Crippen LogP contribution in [0.3, 0.4) is 0 Å². The van der Waals surface area contributed by atoms with Crippen molar-refractivity contribution in [1.29, 1.82) is 0 Å². The first-order valence-corrected chi connectivity index (χ1v) is 7.44. The fraction of sp³-hybridized carbons (Fsp3) is 0.308. The van der Waals surface area contributed by atoms with Gasteiger partial charge in [0.1, 0.15) is 5.75 Å². The number of halogens is 1. The number of fused-ring (bicyclic) bond motifs is 2. The van der Waals surface area contributed by atoms with Crippen LogP contribution in [0.4, 0.5) is 4.79 Å². The second kappa shape index (κ2) is 5.09. The third-order valence-electron chi connectivity index (χ3n) is 3.09. The molecule has 2 aliphatic rings. The molecule has 19 heavy (non-hydrogen) atoms. The van der Waals surface area contributed by atoms with Gasteiger partial charge in [0, 0.05) is 21.4 Å². The average Bonchev–Trinajstić information content (AvgIpc) is 2.76. The highest BCUT2D eigenvalue weighted by molar-refractivity contribution is 9.10. The summed E-state index contributed by atoms with van der Waals surface area (Å²) in [4.78, 5) is 12.8. The normalized spacial score (nSPS) is 17.5. The van der Waals surface area contributed by atoms with E-state index in [-0.39, 0.29) is 6.09 Å². The Labute approximate surface area is 124 Å². The van der Waals surface area contributed by atoms with Gasteiger partial charge >= 0.3 is 6.09 Å². The molecule has 0 saturated heterocycles. The minimum atomic E-state index is -0.310. The van der Waals surface area contributed by atoms with Crippen LogP contribution in [-0.4, -0.2) is 30.7 Å². The van der Waals surface area contributed by atoms with E-state index in [4.69, 9.17) is 9.47 Å². The molecule has 3 rings (SSSR count). The first-order chi connectivity index (χ1) is 9.19. The average molecular weight is 342 g/mol. The molecule has 4 nitrogen and oxygen atoms in total. The van der Waals surface area contributed by atoms with E-state index in [9.17, 15) is 4.79 Å². The molecule has 0 fully saturated rings. The van der Waals surface area contributed by atoms with Crippen molar-refractivity contribution >= 4 is 39.5 Å². The molecule has 0 N–H and O–H groups in total. The Kier molecular flexibility index (Phi) is 3.45. The Bertz CT molecular complexity index is 573. The molecule has 0 radical (unpaired) electrons. The molecular weight excluding hydrogens is 330 g/mol. The standard InChI is InChI=1S/C13H12BrNO3S/c1-17-13(16)15-7-10-9-6-8(14)2-3-11(9)18-5-4-12(10)19-15/h2-3,6H,4-5,7H2,1H3. The van der Waals surface area contributed by atoms with Gasteiger partial charge in [-0.15, -0.1) is 0 Å². The van der Waals surface area contributed by atoms with Crippen LogP contribution in [0.1, 0.15) is 12.0 Å². The lowest BCUT2D eigenvalue weighted by atomic mass is 10.0. The number of rotatable bonds is 0. The van der Waals surface area contributed by atoms with Gasteiger partial charge in [-0.2, -0.15) is 0 Å². The highest BCUT2D eigenvalue weighted by Crippen LogP contribution is 2.45. The Balaban J connectivity index is 1.98. The maximum atomic E-state index is 11.6. The summed E-state index contributed by atoms with van der Waals surface area (Å²) in [6.45, 7) is 1.19. The number of benzene rings is 1. The predicted octanol–water partition coefficient (Wildman–Crippen LogP) is 3.67. The summed E-state index contributed by atoms with van der Waals surface area (Å²) in [7, 11) is 1.40. The number of methoxy groups -OCH3 is 1. The van der Waals surface area contributed by atoms with Crippen molar-refractivity contribution < 1.29 is 14.3 Å². The molecular formula is C13H12BrNO3S. The SMILES string of the molecule is COC(=O)N1CC2=C(CCOc3ccc(Br)cc32)S1. The lowest BCUT2D eigenvalue weighted by Gasteiger charge is -2.15. The van der Waals surface area contributed by atoms with Crippen molar-refractivity contribution in [3.8, 4) is 5.75 Å². The fourth-order valence-corrected chi connectivity index (χ4v) is 3.63. The minimum absolute atomic E-state index is 0.310. The molecule has 1 aromatic rings. The Morgan fingerprint density at radius 2 is 2.37 bits per heavy atom. The van der Waals surface area contributed by atoms with E-state index in [1.807, 2.05) is 18.2 Å². The van der Waals surface area contributed by atoms with Crippen LogP contribution < -0.4 is 4.74 Å². The van der Waals surface area contributed by atoms with E-state index in [0.29, 0.717) is 13.2 Å². The van der Waals surface area contributed by atoms with Gasteiger partial charge in [-0.25, -0.2) is 9.10 Å². The monoisotopic (exact) mass is 341 g/mol. The van der Waals surface area contributed by atoms with Crippen molar-refractivity contribution in [3.63, 3.8) is 0 Å². The van der Waals surface area contributed by atoms with Crippen molar-refractivity contribution in [2.75, 3.05) is 20.3 Å². The first-order valence-electron chi connectivity index (χ1n) is 5.87. The van der Waals surface area contributed by atoms with Crippen LogP contribution in [-0.2, 0) is 4.74 Å². The van der Waals surface area contributed by atoms with Crippen LogP contribution in [0.2, 0.25) is 0 Å². The molecule has 2 heterocycles. The minimum Gasteiger partial charge on any atom is -0.493 e. The quantitative estimate of drug-likeness (QED) is 0.675. The maximum absolute atomic E-state index is 11.6. The van der Waals surface area contributed by atoms with Crippen molar-refractivity contribution in [2.45, 2.75) is 6.42 Å². The second-order valence-corrected chi connectivity index (χ2v) is 6.27. The van der Waals surface area contributed by atoms with E-state index in [0.717, 1.165) is 27.8 Å². The molecule has 0 bridgehead atoms. The zero-order valence-corrected chi connectivity index (χ0v) is 12.7. The van der Waals surface area contributed by atoms with E-state index < -0.39 is 0 Å². The fourth-order valence-electron chi connectivity index (χ4n) is 2.21. The summed E-state index contributed by atoms with van der Waals surface area (Å²) in [5.74, 6) is 0.875. The highest BCUT2D eigenvalue weighted by Gasteiger charge is 2.31. The molecule has 100 valence electrons. The maximum Gasteiger partial charge on any atom is 0.420 e. The number of carbonyl (C=O) groups excluding carboxylic acids is 1. The number of hydrogen-bond acceptors (Lipinski definition) is 4. The molecule has 1 aromatic carbocycles. The van der Waals surface area contributed by atoms with Crippen LogP contribution in [0, 0.1) is 0 Å². The summed E-state index contributed by atoms with van der Waals surface area (Å²) in [5.41, 5.74) is 2.21. The number of nitrogens with zero attached hydrogens (tertiary/aromatic N) is 1. The summed E-state index contributed by atoms with van der Waals surface area (Å²) in [5, 5.41) is 0. The van der Waals surface area contributed by atoms with Gasteiger partial charge in [-0.3, -0.25) is 0 Å². The smallest absolute Gasteiger partial charge is 0.420 e. The van der Waals surface area contributed by atoms with Gasteiger partial charge in [-0.05, 0) is 35.7 Å². The zero-order valence-electron chi connectivity index (χ0n) is 10.3. The number of carbonyl (C=O) groups is 1. The lowest BCUT2D eigenvalue weighted by molar-refractivity contribution is 0.155. The molecule has 2 aliphatic heterocycles. The molecule has 0 spiro atoms. The molecule has 0 aromatic heterocycles. The van der Waals surface area contributed by atoms with E-state index >= 15 is 0 Å². The van der Waals surface area contributed by atoms with Crippen LogP contribution in [0.25, 0.3) is 5.57 Å². The zero-order chi connectivity index (χ0) is 13.4. The lowest BCUT2D eigenvalue weighted by Crippen LogP contribution is -2.22. The molecule has 0 saturated carbocycles. The molecule has 1 amide bonds. The van der Waals surface area contributed by atoms with Crippen molar-refractivity contribution in [3.05, 3.63) is 33.1 Å². The number of hydrogen-bond donors (Lipinski definition) is 0. The molecule has 6 heteroatoms. The van der Waals surface area contributed by atoms with E-state index in [1.54, 1.807) is 4.31 Å². The van der Waals surface area contributed by atoms with E-state index in [1.165, 1.54) is 24.0 Å². The van der Waals surface area contributed by atoms with Crippen LogP contribution >= 0.6 is 27.9 Å². The molecule has 0 unspecified atom stereocenters. The first kappa shape index (κ1) is 12.9. The number of ether oxygens (including phenoxy) is 2. The largest absolute Gasteiger partial charge is 0.493 e. The Morgan fingerprint density at radius 1 is 1.53 bits per heavy atom. The third-order valence-corrected chi connectivity index (χ3v) is 4.75. The van der Waals surface area contributed by atoms with E-state index in [2.05, 4.69) is 15.9 Å². The molecule has 0 atom stereocenters. The van der Waals surface area contributed by atoms with Crippen LogP contribution in [0.5, 0.6) is 5.75 Å². The predicted molar refractivity (Wildman–Crippen MR) is 77.9 cm³/mol. The van der Waals surface area contributed by atoms with Gasteiger partial charge < -0.3 is 9.47 Å². The highest BCUT2D eigenvalue weighted by atomic mass is 79.9. The number of amides is 1. The Morgan fingerprint density at radius 3 is 3.16 bits per heavy atom. The van der Waals surface area contributed by atoms with Crippen molar-refractivity contribution in [1.82, 2.24) is 4.31 Å². The van der Waals surface area contributed by atoms with Crippen LogP contribution in [0.15, 0.2) is 27.6 Å². The van der Waals surface area contributed by atoms with Gasteiger partial charge in [0.05, 0.1) is 20.3 Å². The topological polar surface area (TPSA) is 38.8 Å².